The molecule has 0 saturated heterocycles. The highest BCUT2D eigenvalue weighted by Gasteiger charge is 2.16. The molecule has 0 amide bonds. The van der Waals surface area contributed by atoms with Gasteiger partial charge in [0.05, 0.1) is 25.8 Å². The van der Waals surface area contributed by atoms with Crippen LogP contribution in [0.1, 0.15) is 17.0 Å². The van der Waals surface area contributed by atoms with Crippen LogP contribution in [0, 0.1) is 17.0 Å². The van der Waals surface area contributed by atoms with E-state index < -0.39 is 4.92 Å². The van der Waals surface area contributed by atoms with Crippen molar-refractivity contribution in [3.63, 3.8) is 0 Å². The maximum absolute atomic E-state index is 12.3. The van der Waals surface area contributed by atoms with E-state index in [-0.39, 0.29) is 22.1 Å². The second kappa shape index (κ2) is 8.75. The van der Waals surface area contributed by atoms with Crippen molar-refractivity contribution in [3.05, 3.63) is 104 Å². The first-order valence-corrected chi connectivity index (χ1v) is 10.5. The predicted molar refractivity (Wildman–Crippen MR) is 124 cm³/mol. The van der Waals surface area contributed by atoms with E-state index >= 15 is 0 Å². The maximum atomic E-state index is 12.3. The van der Waals surface area contributed by atoms with Crippen LogP contribution in [0.2, 0.25) is 0 Å². The smallest absolute Gasteiger partial charge is 0.283 e. The molecule has 154 valence electrons. The molecule has 0 radical (unpaired) electrons. The van der Waals surface area contributed by atoms with Crippen molar-refractivity contribution in [2.45, 2.75) is 16.7 Å². The van der Waals surface area contributed by atoms with Crippen LogP contribution in [-0.4, -0.2) is 14.9 Å². The Morgan fingerprint density at radius 1 is 1.13 bits per heavy atom. The highest BCUT2D eigenvalue weighted by Crippen LogP contribution is 2.36. The van der Waals surface area contributed by atoms with Gasteiger partial charge in [-0.25, -0.2) is 4.98 Å². The van der Waals surface area contributed by atoms with E-state index in [1.807, 2.05) is 31.2 Å². The normalized spacial score (nSPS) is 11.6. The van der Waals surface area contributed by atoms with Crippen molar-refractivity contribution >= 4 is 51.1 Å². The van der Waals surface area contributed by atoms with Gasteiger partial charge in [-0.1, -0.05) is 59.3 Å². The van der Waals surface area contributed by atoms with Gasteiger partial charge in [-0.15, -0.1) is 0 Å². The number of nitrogens with zero attached hydrogens (tertiary/aromatic N) is 2. The molecular weight excluding hydrogens is 434 g/mol. The van der Waals surface area contributed by atoms with Gasteiger partial charge in [-0.05, 0) is 48.9 Å². The third kappa shape index (κ3) is 4.68. The van der Waals surface area contributed by atoms with Crippen LogP contribution in [-0.2, 0) is 0 Å². The number of nitro groups is 1. The Hall–Kier alpha value is -3.42. The monoisotopic (exact) mass is 449 g/mol. The second-order valence-electron chi connectivity index (χ2n) is 6.82. The Labute approximate surface area is 186 Å². The minimum atomic E-state index is -0.419. The van der Waals surface area contributed by atoms with E-state index in [1.54, 1.807) is 42.5 Å². The zero-order chi connectivity index (χ0) is 22.0. The van der Waals surface area contributed by atoms with E-state index in [9.17, 15) is 14.9 Å². The molecule has 1 heterocycles. The molecular formula is C23H16ClN3O3S. The van der Waals surface area contributed by atoms with Gasteiger partial charge in [0.25, 0.3) is 11.2 Å². The number of H-pyrrole nitrogens is 1. The summed E-state index contributed by atoms with van der Waals surface area (Å²) in [5.74, 6) is 0.200. The lowest BCUT2D eigenvalue weighted by molar-refractivity contribution is -0.387. The summed E-state index contributed by atoms with van der Waals surface area (Å²) in [6, 6.07) is 19.6. The summed E-state index contributed by atoms with van der Waals surface area (Å²) in [5.41, 5.74) is 1.84. The molecule has 3 aromatic carbocycles. The SMILES string of the molecule is Cc1ccc(Sc2ccc(C=C(Cl)c3nc4ccccc4c(=O)[nH]3)cc2[N+](=O)[O-])cc1. The Balaban J connectivity index is 1.69. The molecule has 1 N–H and O–H groups in total. The van der Waals surface area contributed by atoms with Gasteiger partial charge in [0.1, 0.15) is 0 Å². The molecule has 0 aliphatic carbocycles. The zero-order valence-electron chi connectivity index (χ0n) is 16.3. The molecule has 6 nitrogen and oxygen atoms in total. The number of halogens is 1. The molecule has 0 spiro atoms. The van der Waals surface area contributed by atoms with Crippen molar-refractivity contribution in [3.8, 4) is 0 Å². The van der Waals surface area contributed by atoms with E-state index in [0.29, 0.717) is 21.4 Å². The predicted octanol–water partition coefficient (Wildman–Crippen LogP) is 6.03. The van der Waals surface area contributed by atoms with Crippen molar-refractivity contribution in [2.75, 3.05) is 0 Å². The standard InChI is InChI=1S/C23H16ClN3O3S/c1-14-6-9-16(10-7-14)31-21-11-8-15(13-20(21)27(29)30)12-18(24)22-25-19-5-3-2-4-17(19)23(28)26-22/h2-13H,1H3,(H,25,26,28). The van der Waals surface area contributed by atoms with E-state index in [2.05, 4.69) is 9.97 Å². The molecule has 0 aliphatic rings. The minimum Gasteiger partial charge on any atom is -0.305 e. The lowest BCUT2D eigenvalue weighted by Crippen LogP contribution is -2.10. The molecule has 0 unspecified atom stereocenters. The minimum absolute atomic E-state index is 0.0243. The van der Waals surface area contributed by atoms with E-state index in [1.165, 1.54) is 17.8 Å². The van der Waals surface area contributed by atoms with Crippen LogP contribution in [0.15, 0.2) is 81.3 Å². The lowest BCUT2D eigenvalue weighted by atomic mass is 10.2. The van der Waals surface area contributed by atoms with Crippen LogP contribution in [0.5, 0.6) is 0 Å². The molecule has 0 fully saturated rings. The van der Waals surface area contributed by atoms with Gasteiger partial charge in [-0.3, -0.25) is 14.9 Å². The molecule has 8 heteroatoms. The van der Waals surface area contributed by atoms with E-state index in [0.717, 1.165) is 10.5 Å². The third-order valence-corrected chi connectivity index (χ3v) is 5.92. The van der Waals surface area contributed by atoms with Gasteiger partial charge >= 0.3 is 0 Å². The molecule has 0 atom stereocenters. The first-order chi connectivity index (χ1) is 14.9. The second-order valence-corrected chi connectivity index (χ2v) is 8.35. The molecule has 31 heavy (non-hydrogen) atoms. The summed E-state index contributed by atoms with van der Waals surface area (Å²) in [5, 5.41) is 12.3. The number of aromatic nitrogens is 2. The van der Waals surface area contributed by atoms with Crippen LogP contribution in [0.4, 0.5) is 5.69 Å². The summed E-state index contributed by atoms with van der Waals surface area (Å²) >= 11 is 7.71. The molecule has 4 aromatic rings. The molecule has 0 aliphatic heterocycles. The Morgan fingerprint density at radius 3 is 2.61 bits per heavy atom. The highest BCUT2D eigenvalue weighted by atomic mass is 35.5. The molecule has 4 rings (SSSR count). The summed E-state index contributed by atoms with van der Waals surface area (Å²) in [6.45, 7) is 1.99. The van der Waals surface area contributed by atoms with Crippen molar-refractivity contribution in [1.82, 2.24) is 9.97 Å². The van der Waals surface area contributed by atoms with Gasteiger partial charge in [-0.2, -0.15) is 0 Å². The van der Waals surface area contributed by atoms with Crippen LogP contribution in [0.25, 0.3) is 22.0 Å². The Bertz CT molecular complexity index is 1380. The van der Waals surface area contributed by atoms with E-state index in [4.69, 9.17) is 11.6 Å². The first-order valence-electron chi connectivity index (χ1n) is 9.30. The molecule has 0 bridgehead atoms. The lowest BCUT2D eigenvalue weighted by Gasteiger charge is -2.06. The van der Waals surface area contributed by atoms with Gasteiger partial charge in [0, 0.05) is 11.0 Å². The van der Waals surface area contributed by atoms with Crippen LogP contribution < -0.4 is 5.56 Å². The fourth-order valence-corrected chi connectivity index (χ4v) is 4.12. The van der Waals surface area contributed by atoms with Crippen LogP contribution in [0.3, 0.4) is 0 Å². The van der Waals surface area contributed by atoms with Crippen molar-refractivity contribution < 1.29 is 4.92 Å². The summed E-state index contributed by atoms with van der Waals surface area (Å²) in [7, 11) is 0. The number of nitrogens with one attached hydrogen (secondary N) is 1. The van der Waals surface area contributed by atoms with Crippen molar-refractivity contribution in [1.29, 1.82) is 0 Å². The Kier molecular flexibility index (Phi) is 5.88. The van der Waals surface area contributed by atoms with Crippen LogP contribution >= 0.6 is 23.4 Å². The fraction of sp³-hybridized carbons (Fsp3) is 0.0435. The zero-order valence-corrected chi connectivity index (χ0v) is 17.9. The number of benzene rings is 3. The number of aromatic amines is 1. The van der Waals surface area contributed by atoms with Crippen molar-refractivity contribution in [2.24, 2.45) is 0 Å². The number of aryl methyl sites for hydroxylation is 1. The summed E-state index contributed by atoms with van der Waals surface area (Å²) in [4.78, 5) is 32.0. The molecule has 0 saturated carbocycles. The fourth-order valence-electron chi connectivity index (χ4n) is 3.00. The number of fused-ring (bicyclic) bond motifs is 1. The topological polar surface area (TPSA) is 88.9 Å². The number of hydrogen-bond donors (Lipinski definition) is 1. The third-order valence-electron chi connectivity index (χ3n) is 4.56. The largest absolute Gasteiger partial charge is 0.305 e. The Morgan fingerprint density at radius 2 is 1.87 bits per heavy atom. The maximum Gasteiger partial charge on any atom is 0.283 e. The summed E-state index contributed by atoms with van der Waals surface area (Å²) in [6.07, 6.45) is 1.54. The highest BCUT2D eigenvalue weighted by molar-refractivity contribution is 7.99. The summed E-state index contributed by atoms with van der Waals surface area (Å²) < 4.78 is 0. The number of hydrogen-bond acceptors (Lipinski definition) is 5. The molecule has 1 aromatic heterocycles. The average molecular weight is 450 g/mol. The van der Waals surface area contributed by atoms with Gasteiger partial charge in [0.15, 0.2) is 5.82 Å². The first kappa shape index (κ1) is 20.8. The average Bonchev–Trinajstić information content (AvgIpc) is 2.76. The number of nitro benzene ring substituents is 1. The quantitative estimate of drug-likeness (QED) is 0.297. The van der Waals surface area contributed by atoms with Gasteiger partial charge in [0.2, 0.25) is 0 Å². The number of para-hydroxylation sites is 1. The van der Waals surface area contributed by atoms with Gasteiger partial charge < -0.3 is 4.98 Å². The number of rotatable bonds is 5.